The summed E-state index contributed by atoms with van der Waals surface area (Å²) in [4.78, 5) is 20.2. The van der Waals surface area contributed by atoms with E-state index < -0.39 is 0 Å². The largest absolute Gasteiger partial charge is 0.494 e. The van der Waals surface area contributed by atoms with E-state index in [2.05, 4.69) is 9.89 Å². The van der Waals surface area contributed by atoms with Crippen LogP contribution in [0.1, 0.15) is 23.1 Å². The van der Waals surface area contributed by atoms with Crippen molar-refractivity contribution in [2.75, 3.05) is 39.4 Å². The molecule has 1 fully saturated rings. The van der Waals surface area contributed by atoms with Crippen LogP contribution >= 0.6 is 0 Å². The lowest BCUT2D eigenvalue weighted by molar-refractivity contribution is 0.0377. The van der Waals surface area contributed by atoms with Gasteiger partial charge in [0.1, 0.15) is 0 Å². The van der Waals surface area contributed by atoms with E-state index in [1.54, 1.807) is 12.3 Å². The smallest absolute Gasteiger partial charge is 0.265 e. The highest BCUT2D eigenvalue weighted by molar-refractivity contribution is 6.01. The molecule has 1 aliphatic rings. The molecular weight excluding hydrogens is 390 g/mol. The van der Waals surface area contributed by atoms with Crippen molar-refractivity contribution in [3.63, 3.8) is 0 Å². The van der Waals surface area contributed by atoms with E-state index in [-0.39, 0.29) is 11.4 Å². The number of ether oxygens (including phenoxy) is 1. The number of pyridine rings is 1. The van der Waals surface area contributed by atoms with Gasteiger partial charge in [-0.25, -0.2) is 4.57 Å². The van der Waals surface area contributed by atoms with Crippen molar-refractivity contribution in [1.82, 2.24) is 9.47 Å². The second kappa shape index (κ2) is 9.45. The monoisotopic (exact) mass is 419 g/mol. The second-order valence-electron chi connectivity index (χ2n) is 7.99. The maximum atomic E-state index is 13.3. The minimum absolute atomic E-state index is 0.0747. The first-order valence-electron chi connectivity index (χ1n) is 10.8. The highest BCUT2D eigenvalue weighted by atomic mass is 16.5. The zero-order chi connectivity index (χ0) is 21.8. The first-order chi connectivity index (χ1) is 15.1. The number of rotatable bonds is 6. The van der Waals surface area contributed by atoms with Gasteiger partial charge in [0.2, 0.25) is 5.88 Å². The average molecular weight is 420 g/mol. The molecule has 0 atom stereocenters. The number of aryl methyl sites for hydroxylation is 1. The highest BCUT2D eigenvalue weighted by Crippen LogP contribution is 2.27. The molecule has 0 aliphatic carbocycles. The lowest BCUT2D eigenvalue weighted by Crippen LogP contribution is -2.37. The summed E-state index contributed by atoms with van der Waals surface area (Å²) in [6.45, 7) is 9.13. The van der Waals surface area contributed by atoms with E-state index in [1.807, 2.05) is 50.2 Å². The Hall–Kier alpha value is -2.96. The number of morpholine rings is 1. The molecule has 31 heavy (non-hydrogen) atoms. The lowest BCUT2D eigenvalue weighted by atomic mass is 10.0. The summed E-state index contributed by atoms with van der Waals surface area (Å²) in [5.74, 6) is -0.0747. The number of aromatic nitrogens is 1. The first-order valence-corrected chi connectivity index (χ1v) is 10.8. The normalized spacial score (nSPS) is 15.2. The van der Waals surface area contributed by atoms with Crippen LogP contribution in [-0.4, -0.2) is 60.2 Å². The summed E-state index contributed by atoms with van der Waals surface area (Å²) in [6.07, 6.45) is 2.64. The van der Waals surface area contributed by atoms with Crippen LogP contribution in [0.4, 0.5) is 0 Å². The molecule has 162 valence electrons. The zero-order valence-corrected chi connectivity index (χ0v) is 18.2. The Bertz CT molecular complexity index is 1160. The Morgan fingerprint density at radius 2 is 1.81 bits per heavy atom. The number of hydrogen-bond acceptors (Lipinski definition) is 5. The van der Waals surface area contributed by atoms with Crippen molar-refractivity contribution in [2.45, 2.75) is 20.3 Å². The molecule has 1 aromatic heterocycles. The maximum Gasteiger partial charge on any atom is 0.265 e. The third-order valence-corrected chi connectivity index (χ3v) is 6.01. The van der Waals surface area contributed by atoms with Gasteiger partial charge >= 0.3 is 0 Å². The van der Waals surface area contributed by atoms with Crippen molar-refractivity contribution >= 4 is 17.0 Å². The summed E-state index contributed by atoms with van der Waals surface area (Å²) in [5, 5.41) is 12.4. The fourth-order valence-corrected chi connectivity index (χ4v) is 4.06. The molecule has 1 aliphatic heterocycles. The average Bonchev–Trinajstić information content (AvgIpc) is 2.79. The molecular formula is C25H29N3O3. The van der Waals surface area contributed by atoms with Crippen LogP contribution in [-0.2, 0) is 4.74 Å². The van der Waals surface area contributed by atoms with Gasteiger partial charge in [0.25, 0.3) is 5.56 Å². The lowest BCUT2D eigenvalue weighted by Gasteiger charge is -2.26. The van der Waals surface area contributed by atoms with E-state index in [9.17, 15) is 9.90 Å². The molecule has 2 aromatic carbocycles. The number of aromatic hydroxyl groups is 1. The predicted octanol–water partition coefficient (Wildman–Crippen LogP) is 3.45. The van der Waals surface area contributed by atoms with Crippen LogP contribution in [0.2, 0.25) is 0 Å². The van der Waals surface area contributed by atoms with Gasteiger partial charge in [-0.05, 0) is 43.5 Å². The molecule has 4 rings (SSSR count). The zero-order valence-electron chi connectivity index (χ0n) is 18.2. The molecule has 1 N–H and O–H groups in total. The van der Waals surface area contributed by atoms with Crippen LogP contribution in [0, 0.1) is 13.8 Å². The molecule has 0 amide bonds. The molecule has 0 unspecified atom stereocenters. The van der Waals surface area contributed by atoms with Gasteiger partial charge in [-0.3, -0.25) is 14.7 Å². The molecule has 2 heterocycles. The van der Waals surface area contributed by atoms with Gasteiger partial charge in [-0.15, -0.1) is 0 Å². The number of hydrogen-bond donors (Lipinski definition) is 1. The Balaban J connectivity index is 1.68. The molecule has 6 heteroatoms. The minimum Gasteiger partial charge on any atom is -0.494 e. The van der Waals surface area contributed by atoms with Gasteiger partial charge in [-0.1, -0.05) is 30.3 Å². The van der Waals surface area contributed by atoms with Crippen LogP contribution in [0.3, 0.4) is 0 Å². The number of benzene rings is 2. The van der Waals surface area contributed by atoms with Crippen LogP contribution in [0.5, 0.6) is 5.88 Å². The van der Waals surface area contributed by atoms with Crippen molar-refractivity contribution in [2.24, 2.45) is 4.99 Å². The molecule has 0 spiro atoms. The van der Waals surface area contributed by atoms with Gasteiger partial charge in [-0.2, -0.15) is 0 Å². The summed E-state index contributed by atoms with van der Waals surface area (Å²) < 4.78 is 6.79. The number of aliphatic imine (C=N–C) groups is 1. The Morgan fingerprint density at radius 1 is 1.06 bits per heavy atom. The van der Waals surface area contributed by atoms with E-state index in [4.69, 9.17) is 4.74 Å². The molecule has 0 bridgehead atoms. The Kier molecular flexibility index (Phi) is 6.49. The summed E-state index contributed by atoms with van der Waals surface area (Å²) in [7, 11) is 0. The van der Waals surface area contributed by atoms with Gasteiger partial charge in [0, 0.05) is 43.2 Å². The first kappa shape index (κ1) is 21.3. The molecule has 3 aromatic rings. The Morgan fingerprint density at radius 3 is 2.58 bits per heavy atom. The quantitative estimate of drug-likeness (QED) is 0.491. The fraction of sp³-hybridized carbons (Fsp3) is 0.360. The van der Waals surface area contributed by atoms with Crippen molar-refractivity contribution in [3.8, 4) is 11.6 Å². The fourth-order valence-electron chi connectivity index (χ4n) is 4.06. The van der Waals surface area contributed by atoms with Gasteiger partial charge < -0.3 is 9.84 Å². The minimum atomic E-state index is -0.230. The third-order valence-electron chi connectivity index (χ3n) is 6.01. The SMILES string of the molecule is Cc1cccc(-n2c(O)c(C=NCCCN3CCOCC3)c3ccccc3c2=O)c1C. The molecule has 6 nitrogen and oxygen atoms in total. The van der Waals surface area contributed by atoms with E-state index in [0.29, 0.717) is 28.6 Å². The van der Waals surface area contributed by atoms with E-state index in [1.165, 1.54) is 4.57 Å². The standard InChI is InChI=1S/C25H29N3O3/c1-18-7-5-10-23(19(18)2)28-24(29)21-9-4-3-8-20(21)22(25(28)30)17-26-11-6-12-27-13-15-31-16-14-27/h3-5,7-10,17,30H,6,11-16H2,1-2H3. The molecule has 0 saturated carbocycles. The summed E-state index contributed by atoms with van der Waals surface area (Å²) in [6, 6.07) is 13.1. The van der Waals surface area contributed by atoms with Crippen LogP contribution in [0.25, 0.3) is 16.5 Å². The maximum absolute atomic E-state index is 13.3. The van der Waals surface area contributed by atoms with Crippen molar-refractivity contribution in [3.05, 3.63) is 69.5 Å². The predicted molar refractivity (Wildman–Crippen MR) is 125 cm³/mol. The van der Waals surface area contributed by atoms with Crippen LogP contribution in [0.15, 0.2) is 52.3 Å². The molecule has 1 saturated heterocycles. The van der Waals surface area contributed by atoms with Crippen LogP contribution < -0.4 is 5.56 Å². The highest BCUT2D eigenvalue weighted by Gasteiger charge is 2.17. The van der Waals surface area contributed by atoms with Gasteiger partial charge in [0.15, 0.2) is 0 Å². The Labute approximate surface area is 182 Å². The van der Waals surface area contributed by atoms with Gasteiger partial charge in [0.05, 0.1) is 24.5 Å². The van der Waals surface area contributed by atoms with E-state index in [0.717, 1.165) is 50.4 Å². The third kappa shape index (κ3) is 4.40. The second-order valence-corrected chi connectivity index (χ2v) is 7.99. The topological polar surface area (TPSA) is 67.1 Å². The number of fused-ring (bicyclic) bond motifs is 1. The number of nitrogens with zero attached hydrogens (tertiary/aromatic N) is 3. The van der Waals surface area contributed by atoms with E-state index >= 15 is 0 Å². The van der Waals surface area contributed by atoms with Crippen molar-refractivity contribution < 1.29 is 9.84 Å². The van der Waals surface area contributed by atoms with Crippen molar-refractivity contribution in [1.29, 1.82) is 0 Å². The molecule has 0 radical (unpaired) electrons. The summed E-state index contributed by atoms with van der Waals surface area (Å²) >= 11 is 0. The summed E-state index contributed by atoms with van der Waals surface area (Å²) in [5.41, 5.74) is 3.06.